The van der Waals surface area contributed by atoms with E-state index >= 15 is 4.79 Å². The summed E-state index contributed by atoms with van der Waals surface area (Å²) >= 11 is 1.47. The van der Waals surface area contributed by atoms with E-state index in [1.54, 1.807) is 7.05 Å². The monoisotopic (exact) mass is 964 g/mol. The molecule has 370 valence electrons. The number of aliphatic hydroxyl groups is 1. The number of amides is 2. The number of rotatable bonds is 17. The molecule has 10 atom stereocenters. The van der Waals surface area contributed by atoms with Crippen LogP contribution >= 0.6 is 11.8 Å². The van der Waals surface area contributed by atoms with Crippen LogP contribution in [-0.2, 0) is 35.1 Å². The smallest absolute Gasteiger partial charge is 0.353 e. The van der Waals surface area contributed by atoms with Crippen LogP contribution in [0.1, 0.15) is 119 Å². The van der Waals surface area contributed by atoms with Crippen molar-refractivity contribution < 1.29 is 44.0 Å². The Balaban J connectivity index is 1.13. The minimum absolute atomic E-state index is 0.0149. The summed E-state index contributed by atoms with van der Waals surface area (Å²) in [4.78, 5) is 71.0. The van der Waals surface area contributed by atoms with Crippen LogP contribution in [0.5, 0.6) is 0 Å². The molecule has 1 spiro atoms. The zero-order valence-electron chi connectivity index (χ0n) is 39.6. The SMILES string of the molecule is CNCNC(CCC(=O)NC(CSC1C2=C3C(CCCCCC14CCCC4)CC(Cc1ccncc1)=C(C14CCC5c6ccccc6C=CC(CCN1)C54)C3C(=O)O2)C(=O)NC(O)C(=O)O)C(=O)O. The van der Waals surface area contributed by atoms with E-state index in [1.165, 1.54) is 34.0 Å². The third kappa shape index (κ3) is 9.93. The molecule has 2 aromatic rings. The molecule has 7 aliphatic rings. The maximum atomic E-state index is 15.4. The number of piperidine rings is 1. The molecule has 5 aliphatic carbocycles. The summed E-state index contributed by atoms with van der Waals surface area (Å²) in [6.45, 7) is 1.03. The zero-order valence-corrected chi connectivity index (χ0v) is 40.4. The number of fused-ring (bicyclic) bond motifs is 2. The average molecular weight is 965 g/mol. The highest BCUT2D eigenvalue weighted by Gasteiger charge is 2.62. The van der Waals surface area contributed by atoms with Gasteiger partial charge in [-0.15, -0.1) is 11.8 Å². The Morgan fingerprint density at radius 1 is 0.928 bits per heavy atom. The minimum atomic E-state index is -2.21. The number of allylic oxidation sites excluding steroid dienone is 2. The average Bonchev–Trinajstić information content (AvgIpc) is 4.04. The number of nitrogens with zero attached hydrogens (tertiary/aromatic N) is 1. The molecule has 16 heteroatoms. The lowest BCUT2D eigenvalue weighted by molar-refractivity contribution is -0.151. The first-order chi connectivity index (χ1) is 33.4. The molecule has 3 fully saturated rings. The molecule has 15 nitrogen and oxygen atoms in total. The second-order valence-corrected chi connectivity index (χ2v) is 21.7. The van der Waals surface area contributed by atoms with Crippen LogP contribution in [0, 0.1) is 29.1 Å². The van der Waals surface area contributed by atoms with Crippen LogP contribution < -0.4 is 26.6 Å². The fourth-order valence-corrected chi connectivity index (χ4v) is 15.4. The quantitative estimate of drug-likeness (QED) is 0.0552. The summed E-state index contributed by atoms with van der Waals surface area (Å²) in [5, 5.41) is 44.0. The van der Waals surface area contributed by atoms with E-state index in [2.05, 4.69) is 80.1 Å². The molecule has 0 bridgehead atoms. The predicted molar refractivity (Wildman–Crippen MR) is 261 cm³/mol. The molecular weight excluding hydrogens is 897 g/mol. The van der Waals surface area contributed by atoms with Crippen molar-refractivity contribution in [2.24, 2.45) is 29.1 Å². The van der Waals surface area contributed by atoms with E-state index in [0.717, 1.165) is 101 Å². The third-order valence-corrected chi connectivity index (χ3v) is 18.2. The summed E-state index contributed by atoms with van der Waals surface area (Å²) in [6.07, 6.45) is 19.0. The number of aromatic nitrogens is 1. The van der Waals surface area contributed by atoms with Gasteiger partial charge in [-0.2, -0.15) is 0 Å². The van der Waals surface area contributed by atoms with Crippen LogP contribution in [-0.4, -0.2) is 105 Å². The largest absolute Gasteiger partial charge is 0.480 e. The Morgan fingerprint density at radius 3 is 2.45 bits per heavy atom. The number of esters is 1. The normalized spacial score (nSPS) is 29.2. The first-order valence-corrected chi connectivity index (χ1v) is 26.3. The predicted octanol–water partition coefficient (Wildman–Crippen LogP) is 5.57. The third-order valence-electron chi connectivity index (χ3n) is 16.6. The number of carbonyl (C=O) groups excluding carboxylic acids is 3. The van der Waals surface area contributed by atoms with Gasteiger partial charge in [0.25, 0.3) is 0 Å². The van der Waals surface area contributed by atoms with Crippen molar-refractivity contribution in [3.05, 3.63) is 94.0 Å². The summed E-state index contributed by atoms with van der Waals surface area (Å²) in [7, 11) is 1.66. The van der Waals surface area contributed by atoms with Gasteiger partial charge in [0, 0.05) is 36.8 Å². The van der Waals surface area contributed by atoms with E-state index in [9.17, 15) is 34.5 Å². The van der Waals surface area contributed by atoms with Crippen molar-refractivity contribution in [2.75, 3.05) is 26.0 Å². The lowest BCUT2D eigenvalue weighted by Crippen LogP contribution is -2.59. The number of carboxylic acids is 2. The lowest BCUT2D eigenvalue weighted by Gasteiger charge is -2.51. The molecule has 2 saturated carbocycles. The number of thioether (sulfide) groups is 1. The maximum Gasteiger partial charge on any atom is 0.353 e. The number of carbonyl (C=O) groups is 5. The zero-order chi connectivity index (χ0) is 48.3. The first kappa shape index (κ1) is 49.1. The standard InChI is InChI=1S/C53H68N6O9S/c1-54-30-56-38(49(63)64)14-15-40(60)58-39(47(61)59-48(62)50(65)66)29-69-46-45-41-34(10-3-2-6-20-52(46)21-7-8-22-52)28-35(27-31-17-24-55-25-18-31)44(42(41)51(67)68-45)53-23-16-37-36-11-5-4-9-32(36)12-13-33(43(37)53)19-26-57-53/h4-5,9,11-13,17-18,24-25,33-34,37-39,42-43,46,48,54,56-57,62H,2-3,6-8,10,14-16,19-23,26-30H2,1H3,(H,58,60)(H,59,61)(H,63,64)(H,65,66). The van der Waals surface area contributed by atoms with Gasteiger partial charge in [-0.1, -0.05) is 74.1 Å². The first-order valence-electron chi connectivity index (χ1n) is 25.2. The van der Waals surface area contributed by atoms with E-state index < -0.39 is 53.5 Å². The Morgan fingerprint density at radius 2 is 1.70 bits per heavy atom. The molecule has 10 unspecified atom stereocenters. The second-order valence-electron chi connectivity index (χ2n) is 20.5. The molecule has 3 heterocycles. The lowest BCUT2D eigenvalue weighted by atomic mass is 9.58. The number of hydrogen-bond acceptors (Lipinski definition) is 12. The number of nitrogens with one attached hydrogen (secondary N) is 5. The van der Waals surface area contributed by atoms with Crippen LogP contribution in [0.25, 0.3) is 6.08 Å². The van der Waals surface area contributed by atoms with Gasteiger partial charge in [0.05, 0.1) is 5.25 Å². The molecule has 1 saturated heterocycles. The molecule has 69 heavy (non-hydrogen) atoms. The van der Waals surface area contributed by atoms with Gasteiger partial charge in [-0.05, 0) is 147 Å². The Kier molecular flexibility index (Phi) is 15.1. The topological polar surface area (TPSA) is 228 Å². The van der Waals surface area contributed by atoms with E-state index in [1.807, 2.05) is 12.4 Å². The van der Waals surface area contributed by atoms with Crippen molar-refractivity contribution in [2.45, 2.75) is 138 Å². The van der Waals surface area contributed by atoms with Gasteiger partial charge < -0.3 is 41.3 Å². The van der Waals surface area contributed by atoms with Gasteiger partial charge >= 0.3 is 17.9 Å². The minimum Gasteiger partial charge on any atom is -0.480 e. The van der Waals surface area contributed by atoms with E-state index in [0.29, 0.717) is 24.0 Å². The van der Waals surface area contributed by atoms with Crippen LogP contribution in [0.2, 0.25) is 0 Å². The van der Waals surface area contributed by atoms with Gasteiger partial charge in [0.1, 0.15) is 23.8 Å². The van der Waals surface area contributed by atoms with Crippen molar-refractivity contribution in [1.82, 2.24) is 31.6 Å². The fourth-order valence-electron chi connectivity index (χ4n) is 13.7. The number of hydrogen-bond donors (Lipinski definition) is 8. The Bertz CT molecular complexity index is 2370. The number of aliphatic hydroxyl groups excluding tert-OH is 1. The molecule has 1 aromatic carbocycles. The van der Waals surface area contributed by atoms with E-state index in [-0.39, 0.29) is 53.7 Å². The second kappa shape index (κ2) is 21.2. The number of ether oxygens (including phenoxy) is 1. The van der Waals surface area contributed by atoms with Gasteiger partial charge in [0.15, 0.2) is 0 Å². The molecule has 1 aromatic heterocycles. The highest BCUT2D eigenvalue weighted by atomic mass is 32.2. The Labute approximate surface area is 408 Å². The molecule has 2 amide bonds. The highest BCUT2D eigenvalue weighted by Crippen LogP contribution is 2.64. The summed E-state index contributed by atoms with van der Waals surface area (Å²) in [5.74, 6) is -3.53. The van der Waals surface area contributed by atoms with Gasteiger partial charge in [0.2, 0.25) is 18.0 Å². The van der Waals surface area contributed by atoms with Gasteiger partial charge in [-0.25, -0.2) is 4.79 Å². The molecule has 9 rings (SSSR count). The Hall–Kier alpha value is -4.87. The number of pyridine rings is 1. The number of benzene rings is 1. The molecule has 2 aliphatic heterocycles. The highest BCUT2D eigenvalue weighted by molar-refractivity contribution is 8.00. The van der Waals surface area contributed by atoms with Crippen LogP contribution in [0.15, 0.2) is 77.3 Å². The van der Waals surface area contributed by atoms with Crippen molar-refractivity contribution in [3.63, 3.8) is 0 Å². The van der Waals surface area contributed by atoms with Gasteiger partial charge in [-0.3, -0.25) is 29.5 Å². The van der Waals surface area contributed by atoms with E-state index in [4.69, 9.17) is 4.74 Å². The molecule has 8 N–H and O–H groups in total. The van der Waals surface area contributed by atoms with Crippen LogP contribution in [0.3, 0.4) is 0 Å². The molecule has 0 radical (unpaired) electrons. The van der Waals surface area contributed by atoms with Crippen molar-refractivity contribution >= 4 is 47.6 Å². The van der Waals surface area contributed by atoms with Crippen molar-refractivity contribution in [3.8, 4) is 0 Å². The molecular formula is C53H68N6O9S. The van der Waals surface area contributed by atoms with Crippen LogP contribution in [0.4, 0.5) is 0 Å². The maximum absolute atomic E-state index is 15.4. The number of aliphatic carboxylic acids is 2. The summed E-state index contributed by atoms with van der Waals surface area (Å²) < 4.78 is 6.90. The summed E-state index contributed by atoms with van der Waals surface area (Å²) in [5.41, 5.74) is 6.65. The van der Waals surface area contributed by atoms with Crippen molar-refractivity contribution in [1.29, 1.82) is 0 Å². The fraction of sp³-hybridized carbons (Fsp3) is 0.585. The number of carboxylic acid groups (broad SMARTS) is 2. The summed E-state index contributed by atoms with van der Waals surface area (Å²) in [6, 6.07) is 10.6.